The first-order chi connectivity index (χ1) is 8.26. The average Bonchev–Trinajstić information content (AvgIpc) is 2.75. The van der Waals surface area contributed by atoms with Crippen molar-refractivity contribution in [2.75, 3.05) is 25.4 Å². The lowest BCUT2D eigenvalue weighted by atomic mass is 9.94. The first kappa shape index (κ1) is 15.9. The second-order valence-corrected chi connectivity index (χ2v) is 8.43. The highest BCUT2D eigenvalue weighted by atomic mass is 32.2. The molecule has 0 bridgehead atoms. The van der Waals surface area contributed by atoms with Gasteiger partial charge in [-0.1, -0.05) is 27.7 Å². The zero-order valence-corrected chi connectivity index (χ0v) is 13.0. The molecule has 0 aromatic rings. The minimum Gasteiger partial charge on any atom is -0.315 e. The lowest BCUT2D eigenvalue weighted by Gasteiger charge is -2.28. The molecule has 1 heterocycles. The Labute approximate surface area is 112 Å². The van der Waals surface area contributed by atoms with Crippen LogP contribution in [0.1, 0.15) is 47.0 Å². The quantitative estimate of drug-likeness (QED) is 0.805. The molecule has 1 aliphatic heterocycles. The van der Waals surface area contributed by atoms with Gasteiger partial charge in [0.15, 0.2) is 0 Å². The number of rotatable bonds is 6. The van der Waals surface area contributed by atoms with Gasteiger partial charge in [-0.2, -0.15) is 4.31 Å². The van der Waals surface area contributed by atoms with Crippen LogP contribution in [-0.4, -0.2) is 44.2 Å². The Morgan fingerprint density at radius 3 is 2.44 bits per heavy atom. The molecule has 5 heteroatoms. The van der Waals surface area contributed by atoms with E-state index in [2.05, 4.69) is 26.1 Å². The smallest absolute Gasteiger partial charge is 0.214 e. The average molecular weight is 276 g/mol. The number of sulfonamides is 1. The highest BCUT2D eigenvalue weighted by Crippen LogP contribution is 2.22. The van der Waals surface area contributed by atoms with Gasteiger partial charge in [-0.25, -0.2) is 8.42 Å². The molecule has 1 N–H and O–H groups in total. The van der Waals surface area contributed by atoms with Crippen molar-refractivity contribution in [3.05, 3.63) is 0 Å². The Morgan fingerprint density at radius 1 is 1.33 bits per heavy atom. The fraction of sp³-hybridized carbons (Fsp3) is 1.00. The Bertz CT molecular complexity index is 340. The van der Waals surface area contributed by atoms with E-state index in [1.165, 1.54) is 0 Å². The van der Waals surface area contributed by atoms with Gasteiger partial charge in [-0.15, -0.1) is 0 Å². The molecule has 0 spiro atoms. The molecule has 1 rings (SSSR count). The van der Waals surface area contributed by atoms with Crippen molar-refractivity contribution in [2.45, 2.75) is 53.0 Å². The Morgan fingerprint density at radius 2 is 2.00 bits per heavy atom. The lowest BCUT2D eigenvalue weighted by Crippen LogP contribution is -2.43. The minimum atomic E-state index is -3.11. The number of nitrogens with zero attached hydrogens (tertiary/aromatic N) is 1. The Kier molecular flexibility index (Phi) is 5.62. The summed E-state index contributed by atoms with van der Waals surface area (Å²) in [5.74, 6) is 0.271. The molecule has 1 aliphatic rings. The van der Waals surface area contributed by atoms with E-state index in [0.29, 0.717) is 6.54 Å². The van der Waals surface area contributed by atoms with E-state index >= 15 is 0 Å². The van der Waals surface area contributed by atoms with Crippen molar-refractivity contribution in [1.29, 1.82) is 0 Å². The molecular formula is C13H28N2O2S. The molecule has 4 nitrogen and oxygen atoms in total. The summed E-state index contributed by atoms with van der Waals surface area (Å²) in [4.78, 5) is 0. The SMILES string of the molecule is CCCN(C1CCNC1)S(=O)(=O)CCC(C)(C)C. The van der Waals surface area contributed by atoms with Crippen LogP contribution in [0.25, 0.3) is 0 Å². The first-order valence-electron chi connectivity index (χ1n) is 6.96. The molecule has 0 radical (unpaired) electrons. The van der Waals surface area contributed by atoms with Crippen LogP contribution in [-0.2, 0) is 10.0 Å². The molecule has 0 aromatic heterocycles. The van der Waals surface area contributed by atoms with E-state index in [9.17, 15) is 8.42 Å². The molecule has 0 aliphatic carbocycles. The maximum absolute atomic E-state index is 12.5. The predicted molar refractivity (Wildman–Crippen MR) is 76.1 cm³/mol. The largest absolute Gasteiger partial charge is 0.315 e. The summed E-state index contributed by atoms with van der Waals surface area (Å²) in [5.41, 5.74) is 0.0683. The molecular weight excluding hydrogens is 248 g/mol. The van der Waals surface area contributed by atoms with Gasteiger partial charge in [0.2, 0.25) is 10.0 Å². The van der Waals surface area contributed by atoms with Crippen LogP contribution in [0.4, 0.5) is 0 Å². The van der Waals surface area contributed by atoms with Crippen molar-refractivity contribution in [1.82, 2.24) is 9.62 Å². The summed E-state index contributed by atoms with van der Waals surface area (Å²) >= 11 is 0. The number of hydrogen-bond acceptors (Lipinski definition) is 3. The summed E-state index contributed by atoms with van der Waals surface area (Å²) in [7, 11) is -3.11. The molecule has 0 aromatic carbocycles. The van der Waals surface area contributed by atoms with Crippen molar-refractivity contribution < 1.29 is 8.42 Å². The lowest BCUT2D eigenvalue weighted by molar-refractivity contribution is 0.328. The van der Waals surface area contributed by atoms with E-state index in [0.717, 1.165) is 32.4 Å². The molecule has 108 valence electrons. The fourth-order valence-corrected chi connectivity index (χ4v) is 4.41. The van der Waals surface area contributed by atoms with Crippen LogP contribution in [0.3, 0.4) is 0 Å². The Balaban J connectivity index is 2.70. The number of nitrogens with one attached hydrogen (secondary N) is 1. The third kappa shape index (κ3) is 4.86. The third-order valence-electron chi connectivity index (χ3n) is 3.35. The van der Waals surface area contributed by atoms with Crippen molar-refractivity contribution in [3.63, 3.8) is 0 Å². The van der Waals surface area contributed by atoms with Crippen LogP contribution in [0.15, 0.2) is 0 Å². The normalized spacial score (nSPS) is 21.7. The van der Waals surface area contributed by atoms with Gasteiger partial charge < -0.3 is 5.32 Å². The van der Waals surface area contributed by atoms with Crippen molar-refractivity contribution in [3.8, 4) is 0 Å². The standard InChI is InChI=1S/C13H28N2O2S/c1-5-9-15(12-6-8-14-11-12)18(16,17)10-7-13(2,3)4/h12,14H,5-11H2,1-4H3. The van der Waals surface area contributed by atoms with E-state index in [1.807, 2.05) is 6.92 Å². The third-order valence-corrected chi connectivity index (χ3v) is 5.27. The van der Waals surface area contributed by atoms with E-state index in [4.69, 9.17) is 0 Å². The molecule has 0 amide bonds. The fourth-order valence-electron chi connectivity index (χ4n) is 2.21. The summed E-state index contributed by atoms with van der Waals surface area (Å²) in [6.45, 7) is 10.7. The van der Waals surface area contributed by atoms with E-state index in [1.54, 1.807) is 4.31 Å². The highest BCUT2D eigenvalue weighted by molar-refractivity contribution is 7.89. The van der Waals surface area contributed by atoms with Gasteiger partial charge in [0.25, 0.3) is 0 Å². The second-order valence-electron chi connectivity index (χ2n) is 6.38. The van der Waals surface area contributed by atoms with Crippen molar-refractivity contribution >= 4 is 10.0 Å². The second kappa shape index (κ2) is 6.35. The van der Waals surface area contributed by atoms with Crippen LogP contribution in [0.2, 0.25) is 0 Å². The van der Waals surface area contributed by atoms with Gasteiger partial charge in [0.1, 0.15) is 0 Å². The Hall–Kier alpha value is -0.130. The minimum absolute atomic E-state index is 0.0683. The van der Waals surface area contributed by atoms with Crippen LogP contribution >= 0.6 is 0 Å². The van der Waals surface area contributed by atoms with Gasteiger partial charge in [0.05, 0.1) is 5.75 Å². The zero-order valence-electron chi connectivity index (χ0n) is 12.2. The molecule has 1 fully saturated rings. The monoisotopic (exact) mass is 276 g/mol. The maximum Gasteiger partial charge on any atom is 0.214 e. The molecule has 1 unspecified atom stereocenters. The van der Waals surface area contributed by atoms with Gasteiger partial charge >= 0.3 is 0 Å². The summed E-state index contributed by atoms with van der Waals surface area (Å²) in [6, 6.07) is 0.162. The van der Waals surface area contributed by atoms with Gasteiger partial charge in [0, 0.05) is 19.1 Å². The highest BCUT2D eigenvalue weighted by Gasteiger charge is 2.31. The summed E-state index contributed by atoms with van der Waals surface area (Å²) in [5, 5.41) is 3.25. The van der Waals surface area contributed by atoms with Crippen molar-refractivity contribution in [2.24, 2.45) is 5.41 Å². The zero-order chi connectivity index (χ0) is 13.8. The molecule has 18 heavy (non-hydrogen) atoms. The predicted octanol–water partition coefficient (Wildman–Crippen LogP) is 1.83. The first-order valence-corrected chi connectivity index (χ1v) is 8.57. The van der Waals surface area contributed by atoms with Gasteiger partial charge in [-0.05, 0) is 31.2 Å². The molecule has 1 atom stereocenters. The van der Waals surface area contributed by atoms with Crippen LogP contribution < -0.4 is 5.32 Å². The summed E-state index contributed by atoms with van der Waals surface area (Å²) < 4.78 is 26.6. The van der Waals surface area contributed by atoms with E-state index in [-0.39, 0.29) is 17.2 Å². The topological polar surface area (TPSA) is 49.4 Å². The van der Waals surface area contributed by atoms with Crippen LogP contribution in [0.5, 0.6) is 0 Å². The maximum atomic E-state index is 12.5. The van der Waals surface area contributed by atoms with Gasteiger partial charge in [-0.3, -0.25) is 0 Å². The summed E-state index contributed by atoms with van der Waals surface area (Å²) in [6.07, 6.45) is 2.54. The molecule has 1 saturated heterocycles. The number of hydrogen-bond donors (Lipinski definition) is 1. The molecule has 0 saturated carbocycles. The van der Waals surface area contributed by atoms with E-state index < -0.39 is 10.0 Å². The van der Waals surface area contributed by atoms with Crippen LogP contribution in [0, 0.1) is 5.41 Å².